The van der Waals surface area contributed by atoms with Gasteiger partial charge in [0.25, 0.3) is 0 Å². The largest absolute Gasteiger partial charge is 0.493 e. The van der Waals surface area contributed by atoms with Crippen LogP contribution in [0.4, 0.5) is 5.69 Å². The fourth-order valence-electron chi connectivity index (χ4n) is 3.30. The monoisotopic (exact) mass is 404 g/mol. The van der Waals surface area contributed by atoms with Crippen molar-refractivity contribution in [3.05, 3.63) is 47.5 Å². The van der Waals surface area contributed by atoms with E-state index < -0.39 is 10.0 Å². The molecule has 0 radical (unpaired) electrons. The van der Waals surface area contributed by atoms with Gasteiger partial charge in [-0.2, -0.15) is 4.31 Å². The van der Waals surface area contributed by atoms with E-state index in [1.165, 1.54) is 30.7 Å². The predicted octanol–water partition coefficient (Wildman–Crippen LogP) is 2.34. The highest BCUT2D eigenvalue weighted by Gasteiger charge is 2.29. The van der Waals surface area contributed by atoms with E-state index in [9.17, 15) is 13.2 Å². The quantitative estimate of drug-likeness (QED) is 0.688. The highest BCUT2D eigenvalue weighted by atomic mass is 32.2. The molecule has 2 aromatic carbocycles. The number of rotatable bonds is 6. The van der Waals surface area contributed by atoms with Crippen LogP contribution in [0.3, 0.4) is 0 Å². The molecule has 0 bridgehead atoms. The Bertz CT molecular complexity index is 967. The number of piperazine rings is 1. The Balaban J connectivity index is 1.75. The minimum Gasteiger partial charge on any atom is -0.493 e. The fourth-order valence-corrected chi connectivity index (χ4v) is 4.74. The summed E-state index contributed by atoms with van der Waals surface area (Å²) in [5, 5.41) is 0. The number of carbonyl (C=O) groups is 1. The number of sulfonamides is 1. The van der Waals surface area contributed by atoms with Crippen LogP contribution in [-0.2, 0) is 10.0 Å². The number of aryl methyl sites for hydroxylation is 1. The molecule has 0 aliphatic carbocycles. The lowest BCUT2D eigenvalue weighted by Crippen LogP contribution is -2.48. The molecule has 1 fully saturated rings. The molecule has 1 saturated heterocycles. The van der Waals surface area contributed by atoms with Crippen LogP contribution in [0.2, 0.25) is 0 Å². The van der Waals surface area contributed by atoms with Crippen molar-refractivity contribution in [1.29, 1.82) is 0 Å². The minimum absolute atomic E-state index is 0.185. The maximum atomic E-state index is 13.0. The van der Waals surface area contributed by atoms with Gasteiger partial charge in [-0.15, -0.1) is 0 Å². The molecule has 0 N–H and O–H groups in total. The molecule has 7 nitrogen and oxygen atoms in total. The second kappa shape index (κ2) is 8.20. The first-order valence-electron chi connectivity index (χ1n) is 8.93. The Morgan fingerprint density at radius 2 is 1.61 bits per heavy atom. The third kappa shape index (κ3) is 3.83. The van der Waals surface area contributed by atoms with Crippen LogP contribution in [-0.4, -0.2) is 59.4 Å². The smallest absolute Gasteiger partial charge is 0.243 e. The summed E-state index contributed by atoms with van der Waals surface area (Å²) in [6.45, 7) is 3.81. The molecule has 2 aromatic rings. The molecule has 0 unspecified atom stereocenters. The molecule has 1 heterocycles. The lowest BCUT2D eigenvalue weighted by atomic mass is 10.1. The molecule has 150 valence electrons. The average Bonchev–Trinajstić information content (AvgIpc) is 2.73. The van der Waals surface area contributed by atoms with Crippen molar-refractivity contribution in [2.75, 3.05) is 45.3 Å². The highest BCUT2D eigenvalue weighted by molar-refractivity contribution is 7.89. The van der Waals surface area contributed by atoms with Crippen molar-refractivity contribution < 1.29 is 22.7 Å². The Labute approximate surface area is 165 Å². The van der Waals surface area contributed by atoms with Gasteiger partial charge in [-0.3, -0.25) is 4.79 Å². The molecule has 28 heavy (non-hydrogen) atoms. The number of methoxy groups -OCH3 is 2. The number of hydrogen-bond acceptors (Lipinski definition) is 6. The second-order valence-electron chi connectivity index (χ2n) is 6.57. The molecular weight excluding hydrogens is 380 g/mol. The van der Waals surface area contributed by atoms with E-state index in [0.29, 0.717) is 43.2 Å². The van der Waals surface area contributed by atoms with Gasteiger partial charge in [0.05, 0.1) is 19.1 Å². The van der Waals surface area contributed by atoms with Crippen molar-refractivity contribution >= 4 is 22.0 Å². The lowest BCUT2D eigenvalue weighted by molar-refractivity contribution is 0.112. The third-order valence-electron chi connectivity index (χ3n) is 4.98. The van der Waals surface area contributed by atoms with Gasteiger partial charge in [0, 0.05) is 43.5 Å². The maximum absolute atomic E-state index is 13.0. The zero-order chi connectivity index (χ0) is 20.3. The SMILES string of the molecule is COc1ccc(S(=O)(=O)N2CCN(c3ccc(C=O)c(C)c3)CC2)cc1OC. The van der Waals surface area contributed by atoms with Gasteiger partial charge < -0.3 is 14.4 Å². The van der Waals surface area contributed by atoms with Gasteiger partial charge in [-0.05, 0) is 42.8 Å². The first-order valence-corrected chi connectivity index (χ1v) is 10.4. The van der Waals surface area contributed by atoms with Crippen molar-refractivity contribution in [3.8, 4) is 11.5 Å². The van der Waals surface area contributed by atoms with Crippen LogP contribution < -0.4 is 14.4 Å². The van der Waals surface area contributed by atoms with Crippen molar-refractivity contribution in [3.63, 3.8) is 0 Å². The number of hydrogen-bond donors (Lipinski definition) is 0. The molecule has 0 saturated carbocycles. The molecule has 0 amide bonds. The average molecular weight is 404 g/mol. The van der Waals surface area contributed by atoms with Gasteiger partial charge in [-0.1, -0.05) is 0 Å². The third-order valence-corrected chi connectivity index (χ3v) is 6.87. The van der Waals surface area contributed by atoms with Crippen molar-refractivity contribution in [2.45, 2.75) is 11.8 Å². The normalized spacial score (nSPS) is 15.3. The summed E-state index contributed by atoms with van der Waals surface area (Å²) in [5.41, 5.74) is 2.57. The summed E-state index contributed by atoms with van der Waals surface area (Å²) in [4.78, 5) is 13.3. The highest BCUT2D eigenvalue weighted by Crippen LogP contribution is 2.31. The van der Waals surface area contributed by atoms with E-state index in [0.717, 1.165) is 17.5 Å². The van der Waals surface area contributed by atoms with E-state index in [-0.39, 0.29) is 4.90 Å². The van der Waals surface area contributed by atoms with E-state index in [4.69, 9.17) is 9.47 Å². The standard InChI is InChI=1S/C20H24N2O5S/c1-15-12-17(5-4-16(15)14-23)21-8-10-22(11-9-21)28(24,25)18-6-7-19(26-2)20(13-18)27-3/h4-7,12-14H,8-11H2,1-3H3. The van der Waals surface area contributed by atoms with Gasteiger partial charge in [0.1, 0.15) is 6.29 Å². The molecule has 8 heteroatoms. The van der Waals surface area contributed by atoms with E-state index >= 15 is 0 Å². The molecule has 3 rings (SSSR count). The summed E-state index contributed by atoms with van der Waals surface area (Å²) < 4.78 is 37.9. The Morgan fingerprint density at radius 3 is 2.18 bits per heavy atom. The molecular formula is C20H24N2O5S. The topological polar surface area (TPSA) is 76.2 Å². The number of benzene rings is 2. The maximum Gasteiger partial charge on any atom is 0.243 e. The van der Waals surface area contributed by atoms with Crippen LogP contribution in [0.15, 0.2) is 41.3 Å². The second-order valence-corrected chi connectivity index (χ2v) is 8.50. The van der Waals surface area contributed by atoms with Crippen molar-refractivity contribution in [1.82, 2.24) is 4.31 Å². The van der Waals surface area contributed by atoms with Crippen molar-refractivity contribution in [2.24, 2.45) is 0 Å². The fraction of sp³-hybridized carbons (Fsp3) is 0.350. The summed E-state index contributed by atoms with van der Waals surface area (Å²) >= 11 is 0. The molecule has 1 aliphatic heterocycles. The van der Waals surface area contributed by atoms with E-state index in [2.05, 4.69) is 4.90 Å². The zero-order valence-electron chi connectivity index (χ0n) is 16.2. The van der Waals surface area contributed by atoms with Crippen LogP contribution in [0.5, 0.6) is 11.5 Å². The molecule has 1 aliphatic rings. The van der Waals surface area contributed by atoms with Crippen LogP contribution in [0.1, 0.15) is 15.9 Å². The minimum atomic E-state index is -3.62. The van der Waals surface area contributed by atoms with Gasteiger partial charge >= 0.3 is 0 Å². The number of aldehydes is 1. The lowest BCUT2D eigenvalue weighted by Gasteiger charge is -2.35. The van der Waals surface area contributed by atoms with E-state index in [1.807, 2.05) is 19.1 Å². The Hall–Kier alpha value is -2.58. The Kier molecular flexibility index (Phi) is 5.90. The molecule has 0 spiro atoms. The molecule has 0 atom stereocenters. The molecule has 0 aromatic heterocycles. The summed E-state index contributed by atoms with van der Waals surface area (Å²) in [6.07, 6.45) is 0.840. The van der Waals surface area contributed by atoms with Crippen LogP contribution in [0.25, 0.3) is 0 Å². The summed E-state index contributed by atoms with van der Waals surface area (Å²) in [7, 11) is -0.634. The number of nitrogens with zero attached hydrogens (tertiary/aromatic N) is 2. The number of carbonyl (C=O) groups excluding carboxylic acids is 1. The van der Waals surface area contributed by atoms with Gasteiger partial charge in [0.2, 0.25) is 10.0 Å². The van der Waals surface area contributed by atoms with Crippen LogP contribution in [0, 0.1) is 6.92 Å². The summed E-state index contributed by atoms with van der Waals surface area (Å²) in [5.74, 6) is 0.869. The first kappa shape index (κ1) is 20.2. The van der Waals surface area contributed by atoms with Crippen LogP contribution >= 0.6 is 0 Å². The number of anilines is 1. The predicted molar refractivity (Wildman–Crippen MR) is 107 cm³/mol. The Morgan fingerprint density at radius 1 is 0.929 bits per heavy atom. The number of ether oxygens (including phenoxy) is 2. The van der Waals surface area contributed by atoms with Gasteiger partial charge in [-0.25, -0.2) is 8.42 Å². The first-order chi connectivity index (χ1) is 13.4. The summed E-state index contributed by atoms with van der Waals surface area (Å²) in [6, 6.07) is 10.3. The van der Waals surface area contributed by atoms with E-state index in [1.54, 1.807) is 12.1 Å². The zero-order valence-corrected chi connectivity index (χ0v) is 17.0. The van der Waals surface area contributed by atoms with Gasteiger partial charge in [0.15, 0.2) is 11.5 Å².